The summed E-state index contributed by atoms with van der Waals surface area (Å²) in [4.78, 5) is 2.38. The van der Waals surface area contributed by atoms with E-state index < -0.39 is 0 Å². The standard InChI is InChI=1S/C15H20ClN3/c1-11(12-5-7-19(2)8-6-12)18-14-4-3-13(10-17)15(16)9-14/h3-4,9,11-12,18H,5-8H2,1-2H3. The molecule has 1 atom stereocenters. The molecule has 0 spiro atoms. The van der Waals surface area contributed by atoms with Gasteiger partial charge in [-0.15, -0.1) is 0 Å². The van der Waals surface area contributed by atoms with E-state index in [1.165, 1.54) is 25.9 Å². The van der Waals surface area contributed by atoms with Gasteiger partial charge in [-0.05, 0) is 64.0 Å². The third-order valence-electron chi connectivity index (χ3n) is 3.95. The van der Waals surface area contributed by atoms with Crippen molar-refractivity contribution in [3.8, 4) is 6.07 Å². The number of halogens is 1. The van der Waals surface area contributed by atoms with Gasteiger partial charge in [0.15, 0.2) is 0 Å². The summed E-state index contributed by atoms with van der Waals surface area (Å²) in [6, 6.07) is 8.04. The zero-order valence-electron chi connectivity index (χ0n) is 11.5. The first-order chi connectivity index (χ1) is 9.10. The zero-order chi connectivity index (χ0) is 13.8. The Labute approximate surface area is 120 Å². The topological polar surface area (TPSA) is 39.1 Å². The number of nitriles is 1. The van der Waals surface area contributed by atoms with Gasteiger partial charge in [-0.2, -0.15) is 5.26 Å². The molecule has 4 heteroatoms. The van der Waals surface area contributed by atoms with E-state index in [1.807, 2.05) is 12.1 Å². The SMILES string of the molecule is CC(Nc1ccc(C#N)c(Cl)c1)C1CCN(C)CC1. The van der Waals surface area contributed by atoms with Crippen molar-refractivity contribution in [2.75, 3.05) is 25.5 Å². The van der Waals surface area contributed by atoms with Crippen LogP contribution in [0.1, 0.15) is 25.3 Å². The molecule has 0 aliphatic carbocycles. The molecule has 19 heavy (non-hydrogen) atoms. The predicted molar refractivity (Wildman–Crippen MR) is 79.5 cm³/mol. The van der Waals surface area contributed by atoms with Crippen molar-refractivity contribution in [1.29, 1.82) is 5.26 Å². The Balaban J connectivity index is 1.97. The van der Waals surface area contributed by atoms with E-state index in [4.69, 9.17) is 16.9 Å². The van der Waals surface area contributed by atoms with Crippen molar-refractivity contribution >= 4 is 17.3 Å². The molecule has 1 N–H and O–H groups in total. The summed E-state index contributed by atoms with van der Waals surface area (Å²) in [5, 5.41) is 12.9. The van der Waals surface area contributed by atoms with E-state index in [9.17, 15) is 0 Å². The molecule has 0 radical (unpaired) electrons. The fraction of sp³-hybridized carbons (Fsp3) is 0.533. The monoisotopic (exact) mass is 277 g/mol. The molecule has 1 heterocycles. The Morgan fingerprint density at radius 2 is 2.11 bits per heavy atom. The average Bonchev–Trinajstić information content (AvgIpc) is 2.39. The first kappa shape index (κ1) is 14.2. The van der Waals surface area contributed by atoms with Crippen molar-refractivity contribution in [3.05, 3.63) is 28.8 Å². The second-order valence-corrected chi connectivity index (χ2v) is 5.79. The molecule has 1 saturated heterocycles. The number of nitrogens with zero attached hydrogens (tertiary/aromatic N) is 2. The Morgan fingerprint density at radius 1 is 1.42 bits per heavy atom. The minimum absolute atomic E-state index is 0.428. The lowest BCUT2D eigenvalue weighted by Crippen LogP contribution is -2.37. The molecule has 2 rings (SSSR count). The molecule has 1 aromatic rings. The van der Waals surface area contributed by atoms with Crippen LogP contribution < -0.4 is 5.32 Å². The molecule has 0 bridgehead atoms. The number of likely N-dealkylation sites (tertiary alicyclic amines) is 1. The molecule has 1 unspecified atom stereocenters. The molecule has 1 aliphatic rings. The number of piperidine rings is 1. The van der Waals surface area contributed by atoms with Gasteiger partial charge in [0, 0.05) is 11.7 Å². The minimum Gasteiger partial charge on any atom is -0.382 e. The van der Waals surface area contributed by atoms with Crippen LogP contribution in [0.15, 0.2) is 18.2 Å². The van der Waals surface area contributed by atoms with Crippen molar-refractivity contribution in [1.82, 2.24) is 4.90 Å². The summed E-state index contributed by atoms with van der Waals surface area (Å²) < 4.78 is 0. The molecule has 0 aromatic heterocycles. The molecule has 3 nitrogen and oxygen atoms in total. The number of rotatable bonds is 3. The fourth-order valence-corrected chi connectivity index (χ4v) is 2.83. The van der Waals surface area contributed by atoms with Gasteiger partial charge in [0.1, 0.15) is 6.07 Å². The van der Waals surface area contributed by atoms with Crippen LogP contribution in [0.5, 0.6) is 0 Å². The normalized spacial score (nSPS) is 18.8. The third-order valence-corrected chi connectivity index (χ3v) is 4.27. The van der Waals surface area contributed by atoms with Crippen LogP contribution in [0.4, 0.5) is 5.69 Å². The van der Waals surface area contributed by atoms with E-state index in [0.717, 1.165) is 5.69 Å². The van der Waals surface area contributed by atoms with Crippen LogP contribution in [0.25, 0.3) is 0 Å². The minimum atomic E-state index is 0.428. The second-order valence-electron chi connectivity index (χ2n) is 5.38. The third kappa shape index (κ3) is 3.62. The highest BCUT2D eigenvalue weighted by Crippen LogP contribution is 2.25. The molecular formula is C15H20ClN3. The largest absolute Gasteiger partial charge is 0.382 e. The summed E-state index contributed by atoms with van der Waals surface area (Å²) in [5.41, 5.74) is 1.52. The summed E-state index contributed by atoms with van der Waals surface area (Å²) in [6.45, 7) is 4.57. The molecule has 0 saturated carbocycles. The van der Waals surface area contributed by atoms with E-state index in [1.54, 1.807) is 6.07 Å². The van der Waals surface area contributed by atoms with Crippen molar-refractivity contribution < 1.29 is 0 Å². The van der Waals surface area contributed by atoms with Crippen LogP contribution in [0.2, 0.25) is 5.02 Å². The van der Waals surface area contributed by atoms with E-state index >= 15 is 0 Å². The number of anilines is 1. The van der Waals surface area contributed by atoms with Crippen molar-refractivity contribution in [2.24, 2.45) is 5.92 Å². The number of hydrogen-bond acceptors (Lipinski definition) is 3. The summed E-state index contributed by atoms with van der Waals surface area (Å²) >= 11 is 6.05. The Kier molecular flexibility index (Phi) is 4.68. The predicted octanol–water partition coefficient (Wildman–Crippen LogP) is 3.35. The van der Waals surface area contributed by atoms with E-state index in [0.29, 0.717) is 22.5 Å². The van der Waals surface area contributed by atoms with E-state index in [2.05, 4.69) is 30.3 Å². The van der Waals surface area contributed by atoms with Crippen LogP contribution >= 0.6 is 11.6 Å². The van der Waals surface area contributed by atoms with Crippen LogP contribution in [-0.2, 0) is 0 Å². The van der Waals surface area contributed by atoms with E-state index in [-0.39, 0.29) is 0 Å². The Bertz CT molecular complexity index is 473. The Morgan fingerprint density at radius 3 is 2.68 bits per heavy atom. The summed E-state index contributed by atoms with van der Waals surface area (Å²) in [5.74, 6) is 0.700. The molecule has 1 aromatic carbocycles. The molecule has 102 valence electrons. The number of benzene rings is 1. The van der Waals surface area contributed by atoms with Gasteiger partial charge in [-0.3, -0.25) is 0 Å². The maximum atomic E-state index is 8.86. The van der Waals surface area contributed by atoms with Crippen LogP contribution in [-0.4, -0.2) is 31.1 Å². The zero-order valence-corrected chi connectivity index (χ0v) is 12.2. The smallest absolute Gasteiger partial charge is 0.101 e. The molecule has 0 amide bonds. The van der Waals surface area contributed by atoms with Crippen molar-refractivity contribution in [2.45, 2.75) is 25.8 Å². The van der Waals surface area contributed by atoms with Gasteiger partial charge in [-0.25, -0.2) is 0 Å². The molecule has 1 fully saturated rings. The summed E-state index contributed by atoms with van der Waals surface area (Å²) in [7, 11) is 2.18. The fourth-order valence-electron chi connectivity index (χ4n) is 2.60. The van der Waals surface area contributed by atoms with Gasteiger partial charge in [0.2, 0.25) is 0 Å². The van der Waals surface area contributed by atoms with Gasteiger partial charge in [0.25, 0.3) is 0 Å². The van der Waals surface area contributed by atoms with Crippen molar-refractivity contribution in [3.63, 3.8) is 0 Å². The van der Waals surface area contributed by atoms with Gasteiger partial charge < -0.3 is 10.2 Å². The van der Waals surface area contributed by atoms with Gasteiger partial charge >= 0.3 is 0 Å². The highest BCUT2D eigenvalue weighted by molar-refractivity contribution is 6.32. The molecule has 1 aliphatic heterocycles. The average molecular weight is 278 g/mol. The highest BCUT2D eigenvalue weighted by atomic mass is 35.5. The lowest BCUT2D eigenvalue weighted by Gasteiger charge is -2.33. The van der Waals surface area contributed by atoms with Crippen LogP contribution in [0.3, 0.4) is 0 Å². The lowest BCUT2D eigenvalue weighted by atomic mass is 9.90. The first-order valence-electron chi connectivity index (χ1n) is 6.75. The first-order valence-corrected chi connectivity index (χ1v) is 7.12. The molecular weight excluding hydrogens is 258 g/mol. The number of nitrogens with one attached hydrogen (secondary N) is 1. The van der Waals surface area contributed by atoms with Gasteiger partial charge in [0.05, 0.1) is 10.6 Å². The number of hydrogen-bond donors (Lipinski definition) is 1. The maximum Gasteiger partial charge on any atom is 0.101 e. The summed E-state index contributed by atoms with van der Waals surface area (Å²) in [6.07, 6.45) is 2.46. The van der Waals surface area contributed by atoms with Gasteiger partial charge in [-0.1, -0.05) is 11.6 Å². The van der Waals surface area contributed by atoms with Crippen LogP contribution in [0, 0.1) is 17.2 Å². The maximum absolute atomic E-state index is 8.86. The lowest BCUT2D eigenvalue weighted by molar-refractivity contribution is 0.208. The second kappa shape index (κ2) is 6.27. The quantitative estimate of drug-likeness (QED) is 0.921. The Hall–Kier alpha value is -1.24. The highest BCUT2D eigenvalue weighted by Gasteiger charge is 2.22.